The largest absolute Gasteiger partial charge is 0.392 e. The second-order valence-electron chi connectivity index (χ2n) is 4.26. The van der Waals surface area contributed by atoms with Crippen molar-refractivity contribution in [3.05, 3.63) is 40.5 Å². The van der Waals surface area contributed by atoms with E-state index in [4.69, 9.17) is 5.11 Å². The van der Waals surface area contributed by atoms with Crippen LogP contribution in [0, 0.1) is 0 Å². The van der Waals surface area contributed by atoms with Crippen LogP contribution in [0.25, 0.3) is 5.57 Å². The van der Waals surface area contributed by atoms with Crippen molar-refractivity contribution >= 4 is 5.57 Å². The first-order chi connectivity index (χ1) is 6.88. The van der Waals surface area contributed by atoms with Crippen LogP contribution in [0.4, 0.5) is 0 Å². The van der Waals surface area contributed by atoms with E-state index in [1.54, 1.807) is 11.1 Å². The highest BCUT2D eigenvalue weighted by Crippen LogP contribution is 2.43. The van der Waals surface area contributed by atoms with Gasteiger partial charge in [-0.2, -0.15) is 0 Å². The lowest BCUT2D eigenvalue weighted by Gasteiger charge is -2.05. The Morgan fingerprint density at radius 3 is 3.00 bits per heavy atom. The van der Waals surface area contributed by atoms with E-state index in [1.807, 2.05) is 6.07 Å². The van der Waals surface area contributed by atoms with Gasteiger partial charge in [-0.25, -0.2) is 0 Å². The molecule has 0 bridgehead atoms. The van der Waals surface area contributed by atoms with Crippen molar-refractivity contribution in [1.29, 1.82) is 0 Å². The SMILES string of the molecule is OCc1ccc2c(c1)C1=C(CCC1)C2. The van der Waals surface area contributed by atoms with E-state index in [1.165, 1.54) is 30.4 Å². The molecule has 0 unspecified atom stereocenters. The van der Waals surface area contributed by atoms with Crippen molar-refractivity contribution in [3.63, 3.8) is 0 Å². The Morgan fingerprint density at radius 1 is 1.21 bits per heavy atom. The van der Waals surface area contributed by atoms with Crippen LogP contribution < -0.4 is 0 Å². The Morgan fingerprint density at radius 2 is 2.14 bits per heavy atom. The van der Waals surface area contributed by atoms with Crippen LogP contribution >= 0.6 is 0 Å². The second kappa shape index (κ2) is 2.96. The van der Waals surface area contributed by atoms with Gasteiger partial charge in [0.25, 0.3) is 0 Å². The molecule has 0 fully saturated rings. The third-order valence-corrected chi connectivity index (χ3v) is 3.42. The van der Waals surface area contributed by atoms with Gasteiger partial charge in [0.05, 0.1) is 6.61 Å². The number of aliphatic hydroxyl groups excluding tert-OH is 1. The minimum Gasteiger partial charge on any atom is -0.392 e. The molecule has 14 heavy (non-hydrogen) atoms. The molecule has 0 saturated heterocycles. The first kappa shape index (κ1) is 8.25. The molecular formula is C13H14O. The van der Waals surface area contributed by atoms with Gasteiger partial charge < -0.3 is 5.11 Å². The maximum Gasteiger partial charge on any atom is 0.0682 e. The zero-order valence-electron chi connectivity index (χ0n) is 8.21. The van der Waals surface area contributed by atoms with Gasteiger partial charge in [-0.3, -0.25) is 0 Å². The summed E-state index contributed by atoms with van der Waals surface area (Å²) < 4.78 is 0. The molecule has 3 rings (SSSR count). The molecule has 0 saturated carbocycles. The van der Waals surface area contributed by atoms with Gasteiger partial charge in [-0.05, 0) is 54.0 Å². The second-order valence-corrected chi connectivity index (χ2v) is 4.26. The van der Waals surface area contributed by atoms with Gasteiger partial charge in [0.1, 0.15) is 0 Å². The number of aliphatic hydroxyl groups is 1. The topological polar surface area (TPSA) is 20.2 Å². The Labute approximate surface area is 84.1 Å². The number of rotatable bonds is 1. The van der Waals surface area contributed by atoms with E-state index in [0.29, 0.717) is 0 Å². The molecule has 1 nitrogen and oxygen atoms in total. The summed E-state index contributed by atoms with van der Waals surface area (Å²) in [4.78, 5) is 0. The standard InChI is InChI=1S/C13H14O/c14-8-9-4-5-11-7-10-2-1-3-12(10)13(11)6-9/h4-6,14H,1-3,7-8H2. The molecule has 72 valence electrons. The summed E-state index contributed by atoms with van der Waals surface area (Å²) in [5, 5.41) is 9.09. The fourth-order valence-corrected chi connectivity index (χ4v) is 2.71. The molecule has 0 heterocycles. The van der Waals surface area contributed by atoms with E-state index in [0.717, 1.165) is 12.0 Å². The summed E-state index contributed by atoms with van der Waals surface area (Å²) in [5.74, 6) is 0. The predicted molar refractivity (Wildman–Crippen MR) is 56.8 cm³/mol. The Hall–Kier alpha value is -1.08. The normalized spacial score (nSPS) is 18.6. The molecule has 2 aliphatic carbocycles. The lowest BCUT2D eigenvalue weighted by Crippen LogP contribution is -1.90. The number of benzene rings is 1. The zero-order valence-corrected chi connectivity index (χ0v) is 8.21. The molecule has 0 aromatic heterocycles. The average Bonchev–Trinajstić information content (AvgIpc) is 2.76. The minimum atomic E-state index is 0.163. The van der Waals surface area contributed by atoms with Crippen molar-refractivity contribution in [1.82, 2.24) is 0 Å². The molecule has 0 amide bonds. The molecule has 0 atom stereocenters. The van der Waals surface area contributed by atoms with Crippen LogP contribution in [0.3, 0.4) is 0 Å². The van der Waals surface area contributed by atoms with Gasteiger partial charge in [0, 0.05) is 0 Å². The first-order valence-corrected chi connectivity index (χ1v) is 5.32. The van der Waals surface area contributed by atoms with E-state index in [2.05, 4.69) is 12.1 Å². The van der Waals surface area contributed by atoms with Crippen LogP contribution in [-0.4, -0.2) is 5.11 Å². The molecule has 0 spiro atoms. The Kier molecular flexibility index (Phi) is 1.74. The van der Waals surface area contributed by atoms with Crippen molar-refractivity contribution < 1.29 is 5.11 Å². The van der Waals surface area contributed by atoms with Gasteiger partial charge in [-0.1, -0.05) is 17.7 Å². The molecule has 1 aromatic carbocycles. The van der Waals surface area contributed by atoms with Gasteiger partial charge in [0.2, 0.25) is 0 Å². The monoisotopic (exact) mass is 186 g/mol. The molecule has 0 aliphatic heterocycles. The van der Waals surface area contributed by atoms with Crippen LogP contribution in [0.2, 0.25) is 0 Å². The van der Waals surface area contributed by atoms with Crippen molar-refractivity contribution in [2.24, 2.45) is 0 Å². The lowest BCUT2D eigenvalue weighted by molar-refractivity contribution is 0.282. The Balaban J connectivity index is 2.11. The summed E-state index contributed by atoms with van der Waals surface area (Å²) in [6.07, 6.45) is 5.03. The third kappa shape index (κ3) is 1.05. The van der Waals surface area contributed by atoms with Gasteiger partial charge >= 0.3 is 0 Å². The predicted octanol–water partition coefficient (Wildman–Crippen LogP) is 2.67. The number of allylic oxidation sites excluding steroid dienone is 2. The van der Waals surface area contributed by atoms with Crippen LogP contribution in [0.15, 0.2) is 23.8 Å². The van der Waals surface area contributed by atoms with Gasteiger partial charge in [-0.15, -0.1) is 0 Å². The maximum absolute atomic E-state index is 9.09. The highest BCUT2D eigenvalue weighted by molar-refractivity contribution is 5.78. The highest BCUT2D eigenvalue weighted by atomic mass is 16.3. The number of fused-ring (bicyclic) bond motifs is 2. The zero-order chi connectivity index (χ0) is 9.54. The van der Waals surface area contributed by atoms with E-state index < -0.39 is 0 Å². The summed E-state index contributed by atoms with van der Waals surface area (Å²) >= 11 is 0. The molecule has 0 radical (unpaired) electrons. The van der Waals surface area contributed by atoms with Crippen LogP contribution in [-0.2, 0) is 13.0 Å². The lowest BCUT2D eigenvalue weighted by atomic mass is 10.0. The molecule has 2 aliphatic rings. The van der Waals surface area contributed by atoms with E-state index >= 15 is 0 Å². The summed E-state index contributed by atoms with van der Waals surface area (Å²) in [6.45, 7) is 0.163. The molecule has 1 aromatic rings. The van der Waals surface area contributed by atoms with Crippen molar-refractivity contribution in [2.75, 3.05) is 0 Å². The first-order valence-electron chi connectivity index (χ1n) is 5.32. The molecule has 1 N–H and O–H groups in total. The summed E-state index contributed by atoms with van der Waals surface area (Å²) in [6, 6.07) is 6.39. The van der Waals surface area contributed by atoms with Crippen molar-refractivity contribution in [3.8, 4) is 0 Å². The van der Waals surface area contributed by atoms with E-state index in [-0.39, 0.29) is 6.61 Å². The van der Waals surface area contributed by atoms with Crippen molar-refractivity contribution in [2.45, 2.75) is 32.3 Å². The highest BCUT2D eigenvalue weighted by Gasteiger charge is 2.24. The van der Waals surface area contributed by atoms with Crippen LogP contribution in [0.1, 0.15) is 36.0 Å². The number of hydrogen-bond acceptors (Lipinski definition) is 1. The fourth-order valence-electron chi connectivity index (χ4n) is 2.71. The van der Waals surface area contributed by atoms with Gasteiger partial charge in [0.15, 0.2) is 0 Å². The third-order valence-electron chi connectivity index (χ3n) is 3.42. The molecular weight excluding hydrogens is 172 g/mol. The Bertz CT molecular complexity index is 415. The average molecular weight is 186 g/mol. The van der Waals surface area contributed by atoms with E-state index in [9.17, 15) is 0 Å². The number of hydrogen-bond donors (Lipinski definition) is 1. The maximum atomic E-state index is 9.09. The minimum absolute atomic E-state index is 0.163. The summed E-state index contributed by atoms with van der Waals surface area (Å²) in [7, 11) is 0. The van der Waals surface area contributed by atoms with Crippen LogP contribution in [0.5, 0.6) is 0 Å². The summed E-state index contributed by atoms with van der Waals surface area (Å²) in [5.41, 5.74) is 7.16. The fraction of sp³-hybridized carbons (Fsp3) is 0.385. The molecule has 1 heteroatoms. The quantitative estimate of drug-likeness (QED) is 0.715. The smallest absolute Gasteiger partial charge is 0.0682 e.